The van der Waals surface area contributed by atoms with E-state index < -0.39 is 0 Å². The minimum atomic E-state index is 0.309. The first-order valence-corrected chi connectivity index (χ1v) is 6.18. The maximum atomic E-state index is 9.87. The molecule has 0 heterocycles. The average Bonchev–Trinajstić information content (AvgIpc) is 2.34. The van der Waals surface area contributed by atoms with E-state index in [0.717, 1.165) is 21.7 Å². The van der Waals surface area contributed by atoms with Crippen molar-refractivity contribution in [3.63, 3.8) is 0 Å². The minimum Gasteiger partial charge on any atom is -0.507 e. The molecule has 2 rings (SSSR count). The van der Waals surface area contributed by atoms with Gasteiger partial charge in [-0.2, -0.15) is 0 Å². The highest BCUT2D eigenvalue weighted by atomic mass is 35.5. The predicted octanol–water partition coefficient (Wildman–Crippen LogP) is 4.83. The maximum absolute atomic E-state index is 9.87. The van der Waals surface area contributed by atoms with E-state index in [4.69, 9.17) is 11.6 Å². The molecule has 0 aliphatic heterocycles. The summed E-state index contributed by atoms with van der Waals surface area (Å²) in [7, 11) is 0. The van der Waals surface area contributed by atoms with Crippen LogP contribution in [0.3, 0.4) is 0 Å². The van der Waals surface area contributed by atoms with Gasteiger partial charge in [-0.05, 0) is 54.8 Å². The molecule has 0 amide bonds. The summed E-state index contributed by atoms with van der Waals surface area (Å²) in [5.74, 6) is 0.309. The molecule has 1 nitrogen and oxygen atoms in total. The van der Waals surface area contributed by atoms with Crippen LogP contribution < -0.4 is 0 Å². The molecule has 2 aromatic rings. The van der Waals surface area contributed by atoms with E-state index in [1.165, 1.54) is 5.56 Å². The van der Waals surface area contributed by atoms with E-state index in [1.807, 2.05) is 56.3 Å². The molecule has 0 atom stereocenters. The molecule has 0 fully saturated rings. The van der Waals surface area contributed by atoms with E-state index in [-0.39, 0.29) is 0 Å². The smallest absolute Gasteiger partial charge is 0.123 e. The number of aryl methyl sites for hydroxylation is 2. The number of hydrogen-bond acceptors (Lipinski definition) is 1. The monoisotopic (exact) mass is 258 g/mol. The Bertz CT molecular complexity index is 583. The molecule has 0 aromatic heterocycles. The van der Waals surface area contributed by atoms with Crippen LogP contribution in [0.1, 0.15) is 22.3 Å². The van der Waals surface area contributed by atoms with Crippen LogP contribution in [0.5, 0.6) is 5.75 Å². The lowest BCUT2D eigenvalue weighted by molar-refractivity contribution is 0.473. The third-order valence-corrected chi connectivity index (χ3v) is 3.22. The molecular formula is C16H15ClO. The van der Waals surface area contributed by atoms with E-state index in [2.05, 4.69) is 0 Å². The Balaban J connectivity index is 2.28. The Hall–Kier alpha value is -1.73. The first kappa shape index (κ1) is 12.7. The Morgan fingerprint density at radius 3 is 2.22 bits per heavy atom. The number of phenolic OH excluding ortho intramolecular Hbond substituents is 1. The fourth-order valence-electron chi connectivity index (χ4n) is 1.72. The van der Waals surface area contributed by atoms with E-state index in [9.17, 15) is 5.11 Å². The highest BCUT2D eigenvalue weighted by Gasteiger charge is 2.00. The Kier molecular flexibility index (Phi) is 3.73. The van der Waals surface area contributed by atoms with Gasteiger partial charge in [0.1, 0.15) is 5.75 Å². The molecule has 2 heteroatoms. The van der Waals surface area contributed by atoms with Gasteiger partial charge >= 0.3 is 0 Å². The van der Waals surface area contributed by atoms with Crippen molar-refractivity contribution in [1.82, 2.24) is 0 Å². The summed E-state index contributed by atoms with van der Waals surface area (Å²) in [5, 5.41) is 10.6. The molecule has 0 spiro atoms. The molecule has 1 N–H and O–H groups in total. The molecule has 0 bridgehead atoms. The zero-order valence-electron chi connectivity index (χ0n) is 10.4. The van der Waals surface area contributed by atoms with Crippen molar-refractivity contribution < 1.29 is 5.11 Å². The van der Waals surface area contributed by atoms with Crippen LogP contribution in [0.4, 0.5) is 0 Å². The van der Waals surface area contributed by atoms with Gasteiger partial charge in [-0.1, -0.05) is 35.9 Å². The summed E-state index contributed by atoms with van der Waals surface area (Å²) in [6.45, 7) is 4.02. The minimum absolute atomic E-state index is 0.309. The largest absolute Gasteiger partial charge is 0.507 e. The van der Waals surface area contributed by atoms with Crippen molar-refractivity contribution in [2.75, 3.05) is 0 Å². The third-order valence-electron chi connectivity index (χ3n) is 2.97. The molecule has 2 aromatic carbocycles. The van der Waals surface area contributed by atoms with Gasteiger partial charge in [0.25, 0.3) is 0 Å². The summed E-state index contributed by atoms with van der Waals surface area (Å²) in [5.41, 5.74) is 4.14. The lowest BCUT2D eigenvalue weighted by atomic mass is 10.0. The zero-order valence-corrected chi connectivity index (χ0v) is 11.2. The molecular weight excluding hydrogens is 244 g/mol. The van der Waals surface area contributed by atoms with Crippen LogP contribution in [-0.2, 0) is 0 Å². The Labute approximate surface area is 112 Å². The quantitative estimate of drug-likeness (QED) is 0.765. The van der Waals surface area contributed by atoms with Gasteiger partial charge < -0.3 is 5.11 Å². The summed E-state index contributed by atoms with van der Waals surface area (Å²) in [6, 6.07) is 11.4. The SMILES string of the molecule is Cc1cc(O)c(/C=C/c2ccc(Cl)cc2)cc1C. The molecule has 0 saturated heterocycles. The molecule has 0 saturated carbocycles. The van der Waals surface area contributed by atoms with Crippen LogP contribution >= 0.6 is 11.6 Å². The lowest BCUT2D eigenvalue weighted by Crippen LogP contribution is -1.83. The second-order valence-corrected chi connectivity index (χ2v) is 4.82. The second-order valence-electron chi connectivity index (χ2n) is 4.38. The molecule has 18 heavy (non-hydrogen) atoms. The van der Waals surface area contributed by atoms with Gasteiger partial charge in [0, 0.05) is 10.6 Å². The van der Waals surface area contributed by atoms with Crippen molar-refractivity contribution in [1.29, 1.82) is 0 Å². The summed E-state index contributed by atoms with van der Waals surface area (Å²) < 4.78 is 0. The number of hydrogen-bond donors (Lipinski definition) is 1. The number of halogens is 1. The standard InChI is InChI=1S/C16H15ClO/c1-11-9-14(16(18)10-12(11)2)6-3-13-4-7-15(17)8-5-13/h3-10,18H,1-2H3/b6-3+. The van der Waals surface area contributed by atoms with Gasteiger partial charge in [0.05, 0.1) is 0 Å². The summed E-state index contributed by atoms with van der Waals surface area (Å²) >= 11 is 5.83. The normalized spacial score (nSPS) is 11.1. The van der Waals surface area contributed by atoms with Crippen molar-refractivity contribution in [2.45, 2.75) is 13.8 Å². The highest BCUT2D eigenvalue weighted by molar-refractivity contribution is 6.30. The molecule has 0 unspecified atom stereocenters. The molecule has 92 valence electrons. The fraction of sp³-hybridized carbons (Fsp3) is 0.125. The zero-order chi connectivity index (χ0) is 13.1. The Morgan fingerprint density at radius 1 is 0.944 bits per heavy atom. The van der Waals surface area contributed by atoms with Crippen molar-refractivity contribution in [3.8, 4) is 5.75 Å². The van der Waals surface area contributed by atoms with E-state index in [1.54, 1.807) is 6.07 Å². The first-order chi connectivity index (χ1) is 8.56. The van der Waals surface area contributed by atoms with Gasteiger partial charge in [0.2, 0.25) is 0 Å². The van der Waals surface area contributed by atoms with Gasteiger partial charge in [0.15, 0.2) is 0 Å². The second kappa shape index (κ2) is 5.28. The fourth-order valence-corrected chi connectivity index (χ4v) is 1.84. The Morgan fingerprint density at radius 2 is 1.56 bits per heavy atom. The van der Waals surface area contributed by atoms with Crippen LogP contribution in [0.25, 0.3) is 12.2 Å². The lowest BCUT2D eigenvalue weighted by Gasteiger charge is -2.04. The third kappa shape index (κ3) is 2.93. The summed E-state index contributed by atoms with van der Waals surface area (Å²) in [6.07, 6.45) is 3.87. The van der Waals surface area contributed by atoms with Crippen LogP contribution in [0.2, 0.25) is 5.02 Å². The molecule has 0 aliphatic rings. The van der Waals surface area contributed by atoms with Gasteiger partial charge in [-0.25, -0.2) is 0 Å². The number of benzene rings is 2. The van der Waals surface area contributed by atoms with Crippen LogP contribution in [0, 0.1) is 13.8 Å². The first-order valence-electron chi connectivity index (χ1n) is 5.80. The predicted molar refractivity (Wildman–Crippen MR) is 78.0 cm³/mol. The van der Waals surface area contributed by atoms with Gasteiger partial charge in [-0.3, -0.25) is 0 Å². The average molecular weight is 259 g/mol. The van der Waals surface area contributed by atoms with Crippen molar-refractivity contribution in [2.24, 2.45) is 0 Å². The maximum Gasteiger partial charge on any atom is 0.123 e. The summed E-state index contributed by atoms with van der Waals surface area (Å²) in [4.78, 5) is 0. The van der Waals surface area contributed by atoms with Crippen molar-refractivity contribution >= 4 is 23.8 Å². The van der Waals surface area contributed by atoms with Crippen molar-refractivity contribution in [3.05, 3.63) is 63.7 Å². The number of aromatic hydroxyl groups is 1. The highest BCUT2D eigenvalue weighted by Crippen LogP contribution is 2.24. The topological polar surface area (TPSA) is 20.2 Å². The number of rotatable bonds is 2. The van der Waals surface area contributed by atoms with Crippen LogP contribution in [0.15, 0.2) is 36.4 Å². The van der Waals surface area contributed by atoms with Crippen LogP contribution in [-0.4, -0.2) is 5.11 Å². The molecule has 0 aliphatic carbocycles. The van der Waals surface area contributed by atoms with E-state index >= 15 is 0 Å². The number of phenols is 1. The van der Waals surface area contributed by atoms with Gasteiger partial charge in [-0.15, -0.1) is 0 Å². The molecule has 0 radical (unpaired) electrons. The van der Waals surface area contributed by atoms with E-state index in [0.29, 0.717) is 5.75 Å².